The van der Waals surface area contributed by atoms with Gasteiger partial charge >= 0.3 is 0 Å². The average Bonchev–Trinajstić information content (AvgIpc) is 2.79. The summed E-state index contributed by atoms with van der Waals surface area (Å²) in [5, 5.41) is 3.11. The monoisotopic (exact) mass is 251 g/mol. The lowest BCUT2D eigenvalue weighted by Crippen LogP contribution is -2.47. The first-order valence-corrected chi connectivity index (χ1v) is 6.64. The summed E-state index contributed by atoms with van der Waals surface area (Å²) < 4.78 is 0. The van der Waals surface area contributed by atoms with E-state index in [4.69, 9.17) is 11.6 Å². The molecule has 1 saturated carbocycles. The lowest BCUT2D eigenvalue weighted by molar-refractivity contribution is 0.0909. The first kappa shape index (κ1) is 12.4. The molecule has 1 aliphatic rings. The van der Waals surface area contributed by atoms with Gasteiger partial charge in [-0.15, -0.1) is 11.6 Å². The molecule has 0 atom stereocenters. The third-order valence-corrected chi connectivity index (χ3v) is 4.02. The maximum Gasteiger partial charge on any atom is 0.251 e. The highest BCUT2D eigenvalue weighted by molar-refractivity contribution is 6.19. The number of nitrogens with one attached hydrogen (secondary N) is 1. The van der Waals surface area contributed by atoms with Crippen LogP contribution in [-0.2, 0) is 0 Å². The van der Waals surface area contributed by atoms with Gasteiger partial charge in [-0.2, -0.15) is 0 Å². The third-order valence-electron chi connectivity index (χ3n) is 3.51. The zero-order valence-corrected chi connectivity index (χ0v) is 10.9. The van der Waals surface area contributed by atoms with E-state index in [1.807, 2.05) is 31.2 Å². The Morgan fingerprint density at radius 1 is 1.29 bits per heavy atom. The van der Waals surface area contributed by atoms with E-state index in [-0.39, 0.29) is 11.4 Å². The van der Waals surface area contributed by atoms with Gasteiger partial charge in [0.25, 0.3) is 5.91 Å². The van der Waals surface area contributed by atoms with Gasteiger partial charge in [-0.1, -0.05) is 30.5 Å². The molecule has 0 radical (unpaired) electrons. The van der Waals surface area contributed by atoms with Gasteiger partial charge < -0.3 is 5.32 Å². The number of halogens is 1. The summed E-state index contributed by atoms with van der Waals surface area (Å²) in [6.45, 7) is 2.01. The van der Waals surface area contributed by atoms with Crippen LogP contribution in [0.15, 0.2) is 24.3 Å². The smallest absolute Gasteiger partial charge is 0.251 e. The predicted molar refractivity (Wildman–Crippen MR) is 70.6 cm³/mol. The Bertz CT molecular complexity index is 393. The van der Waals surface area contributed by atoms with Gasteiger partial charge in [-0.25, -0.2) is 0 Å². The molecule has 0 saturated heterocycles. The Morgan fingerprint density at radius 3 is 2.41 bits per heavy atom. The van der Waals surface area contributed by atoms with Gasteiger partial charge in [0.1, 0.15) is 0 Å². The van der Waals surface area contributed by atoms with Crippen LogP contribution >= 0.6 is 11.6 Å². The van der Waals surface area contributed by atoms with E-state index in [0.29, 0.717) is 11.4 Å². The van der Waals surface area contributed by atoms with Crippen LogP contribution in [0.5, 0.6) is 0 Å². The van der Waals surface area contributed by atoms with E-state index in [2.05, 4.69) is 5.32 Å². The molecule has 17 heavy (non-hydrogen) atoms. The summed E-state index contributed by atoms with van der Waals surface area (Å²) in [6, 6.07) is 7.64. The minimum atomic E-state index is -0.177. The quantitative estimate of drug-likeness (QED) is 0.821. The number of carbonyl (C=O) groups is 1. The second kappa shape index (κ2) is 5.09. The van der Waals surface area contributed by atoms with Gasteiger partial charge in [-0.3, -0.25) is 4.79 Å². The van der Waals surface area contributed by atoms with Crippen molar-refractivity contribution in [1.82, 2.24) is 5.32 Å². The summed E-state index contributed by atoms with van der Waals surface area (Å²) in [7, 11) is 0. The number of benzene rings is 1. The summed E-state index contributed by atoms with van der Waals surface area (Å²) in [6.07, 6.45) is 4.30. The minimum Gasteiger partial charge on any atom is -0.345 e. The van der Waals surface area contributed by atoms with Crippen molar-refractivity contribution in [2.75, 3.05) is 5.88 Å². The molecule has 0 bridgehead atoms. The summed E-state index contributed by atoms with van der Waals surface area (Å²) in [5.41, 5.74) is 1.70. The van der Waals surface area contributed by atoms with Gasteiger partial charge in [0.05, 0.1) is 5.54 Å². The van der Waals surface area contributed by atoms with Crippen LogP contribution in [0.2, 0.25) is 0 Å². The van der Waals surface area contributed by atoms with Gasteiger partial charge in [0.15, 0.2) is 0 Å². The predicted octanol–water partition coefficient (Wildman–Crippen LogP) is 3.28. The molecule has 2 rings (SSSR count). The van der Waals surface area contributed by atoms with Gasteiger partial charge in [0, 0.05) is 11.4 Å². The van der Waals surface area contributed by atoms with Crippen LogP contribution < -0.4 is 5.32 Å². The largest absolute Gasteiger partial charge is 0.345 e. The lowest BCUT2D eigenvalue weighted by Gasteiger charge is -2.27. The number of aryl methyl sites for hydroxylation is 1. The van der Waals surface area contributed by atoms with Crippen molar-refractivity contribution in [3.8, 4) is 0 Å². The Hall–Kier alpha value is -1.02. The minimum absolute atomic E-state index is 0.00690. The van der Waals surface area contributed by atoms with Crippen molar-refractivity contribution in [3.05, 3.63) is 35.4 Å². The number of carbonyl (C=O) groups excluding carboxylic acids is 1. The second-order valence-corrected chi connectivity index (χ2v) is 5.21. The molecule has 3 heteroatoms. The van der Waals surface area contributed by atoms with Crippen LogP contribution in [0, 0.1) is 6.92 Å². The first-order valence-electron chi connectivity index (χ1n) is 6.10. The fourth-order valence-corrected chi connectivity index (χ4v) is 2.70. The van der Waals surface area contributed by atoms with Crippen molar-refractivity contribution in [1.29, 1.82) is 0 Å². The van der Waals surface area contributed by atoms with Crippen LogP contribution in [-0.4, -0.2) is 17.3 Å². The third kappa shape index (κ3) is 2.81. The van der Waals surface area contributed by atoms with E-state index in [1.165, 1.54) is 0 Å². The molecular weight excluding hydrogens is 234 g/mol. The van der Waals surface area contributed by atoms with E-state index in [0.717, 1.165) is 31.2 Å². The Balaban J connectivity index is 2.08. The van der Waals surface area contributed by atoms with E-state index >= 15 is 0 Å². The molecule has 2 nitrogen and oxygen atoms in total. The van der Waals surface area contributed by atoms with Gasteiger partial charge in [0.2, 0.25) is 0 Å². The fourth-order valence-electron chi connectivity index (χ4n) is 2.36. The van der Waals surface area contributed by atoms with E-state index < -0.39 is 0 Å². The average molecular weight is 252 g/mol. The molecular formula is C14H18ClNO. The molecule has 1 N–H and O–H groups in total. The Labute approximate surface area is 107 Å². The molecule has 0 heterocycles. The van der Waals surface area contributed by atoms with Crippen LogP contribution in [0.1, 0.15) is 41.6 Å². The first-order chi connectivity index (χ1) is 8.15. The number of amides is 1. The number of hydrogen-bond donors (Lipinski definition) is 1. The Kier molecular flexibility index (Phi) is 3.72. The maximum absolute atomic E-state index is 12.1. The molecule has 0 aliphatic heterocycles. The molecule has 0 spiro atoms. The van der Waals surface area contributed by atoms with E-state index in [9.17, 15) is 4.79 Å². The number of rotatable bonds is 3. The fraction of sp³-hybridized carbons (Fsp3) is 0.500. The van der Waals surface area contributed by atoms with E-state index in [1.54, 1.807) is 0 Å². The molecule has 0 aromatic heterocycles. The number of alkyl halides is 1. The van der Waals surface area contributed by atoms with Crippen molar-refractivity contribution >= 4 is 17.5 Å². The molecule has 92 valence electrons. The standard InChI is InChI=1S/C14H18ClNO/c1-11-4-6-12(7-5-11)13(17)16-14(10-15)8-2-3-9-14/h4-7H,2-3,8-10H2,1H3,(H,16,17). The number of hydrogen-bond acceptors (Lipinski definition) is 1. The van der Waals surface area contributed by atoms with Crippen LogP contribution in [0.25, 0.3) is 0 Å². The molecule has 1 aliphatic carbocycles. The van der Waals surface area contributed by atoms with Crippen LogP contribution in [0.4, 0.5) is 0 Å². The Morgan fingerprint density at radius 2 is 1.88 bits per heavy atom. The topological polar surface area (TPSA) is 29.1 Å². The highest BCUT2D eigenvalue weighted by Gasteiger charge is 2.34. The maximum atomic E-state index is 12.1. The molecule has 1 fully saturated rings. The summed E-state index contributed by atoms with van der Waals surface area (Å²) in [5.74, 6) is 0.498. The van der Waals surface area contributed by atoms with Gasteiger partial charge in [-0.05, 0) is 31.9 Å². The summed E-state index contributed by atoms with van der Waals surface area (Å²) >= 11 is 6.01. The summed E-state index contributed by atoms with van der Waals surface area (Å²) in [4.78, 5) is 12.1. The molecule has 0 unspecified atom stereocenters. The molecule has 1 aromatic rings. The van der Waals surface area contributed by atoms with Crippen molar-refractivity contribution in [3.63, 3.8) is 0 Å². The highest BCUT2D eigenvalue weighted by atomic mass is 35.5. The second-order valence-electron chi connectivity index (χ2n) is 4.94. The van der Waals surface area contributed by atoms with Crippen LogP contribution in [0.3, 0.4) is 0 Å². The highest BCUT2D eigenvalue weighted by Crippen LogP contribution is 2.31. The van der Waals surface area contributed by atoms with Crippen molar-refractivity contribution in [2.45, 2.75) is 38.1 Å². The molecule has 1 amide bonds. The zero-order valence-electron chi connectivity index (χ0n) is 10.1. The zero-order chi connectivity index (χ0) is 12.3. The van der Waals surface area contributed by atoms with Crippen molar-refractivity contribution in [2.24, 2.45) is 0 Å². The van der Waals surface area contributed by atoms with Crippen molar-refractivity contribution < 1.29 is 4.79 Å². The molecule has 1 aromatic carbocycles. The lowest BCUT2D eigenvalue weighted by atomic mass is 9.99. The normalized spacial score (nSPS) is 18.0. The SMILES string of the molecule is Cc1ccc(C(=O)NC2(CCl)CCCC2)cc1.